The van der Waals surface area contributed by atoms with Gasteiger partial charge in [-0.05, 0) is 23.1 Å². The Morgan fingerprint density at radius 2 is 1.79 bits per heavy atom. The van der Waals surface area contributed by atoms with Gasteiger partial charge in [-0.3, -0.25) is 0 Å². The van der Waals surface area contributed by atoms with Crippen molar-refractivity contribution in [2.24, 2.45) is 0 Å². The Morgan fingerprint density at radius 1 is 0.917 bits per heavy atom. The molecule has 1 aromatic heterocycles. The zero-order chi connectivity index (χ0) is 16.6. The quantitative estimate of drug-likeness (QED) is 0.649. The summed E-state index contributed by atoms with van der Waals surface area (Å²) in [6.07, 6.45) is 0. The summed E-state index contributed by atoms with van der Waals surface area (Å²) in [7, 11) is 1.67. The maximum absolute atomic E-state index is 6.07. The molecule has 0 saturated heterocycles. The van der Waals surface area contributed by atoms with Crippen LogP contribution in [0.4, 0.5) is 0 Å². The first-order chi connectivity index (χ1) is 11.9. The molecule has 0 spiro atoms. The molecule has 0 aliphatic carbocycles. The maximum Gasteiger partial charge on any atom is 0.166 e. The van der Waals surface area contributed by atoms with Gasteiger partial charge in [-0.1, -0.05) is 48.5 Å². The molecule has 24 heavy (non-hydrogen) atoms. The van der Waals surface area contributed by atoms with Crippen LogP contribution in [-0.2, 0) is 19.7 Å². The highest BCUT2D eigenvalue weighted by Crippen LogP contribution is 2.31. The summed E-state index contributed by atoms with van der Waals surface area (Å²) in [5, 5.41) is 5.56. The molecule has 3 nitrogen and oxygen atoms in total. The van der Waals surface area contributed by atoms with Crippen molar-refractivity contribution in [3.8, 4) is 11.5 Å². The number of benzene rings is 2. The first-order valence-corrected chi connectivity index (χ1v) is 8.80. The fourth-order valence-corrected chi connectivity index (χ4v) is 3.16. The molecule has 0 amide bonds. The second-order valence-corrected chi connectivity index (χ2v) is 6.44. The van der Waals surface area contributed by atoms with Crippen LogP contribution in [0.15, 0.2) is 66.0 Å². The van der Waals surface area contributed by atoms with Gasteiger partial charge in [0.15, 0.2) is 11.5 Å². The Kier molecular flexibility index (Phi) is 5.88. The maximum atomic E-state index is 6.07. The molecule has 0 aliphatic rings. The molecular weight excluding hydrogens is 318 g/mol. The lowest BCUT2D eigenvalue weighted by Crippen LogP contribution is -2.13. The number of para-hydroxylation sites is 1. The summed E-state index contributed by atoms with van der Waals surface area (Å²) >= 11 is 1.76. The highest BCUT2D eigenvalue weighted by atomic mass is 32.1. The molecule has 0 atom stereocenters. The summed E-state index contributed by atoms with van der Waals surface area (Å²) in [5.41, 5.74) is 2.24. The molecule has 1 heterocycles. The number of hydrogen-bond acceptors (Lipinski definition) is 4. The Labute approximate surface area is 146 Å². The van der Waals surface area contributed by atoms with Crippen molar-refractivity contribution in [1.29, 1.82) is 0 Å². The molecule has 1 N–H and O–H groups in total. The standard InChI is InChI=1S/C20H21NO2S/c1-22-19-11-5-9-17(13-21-14-18-10-6-12-24-18)20(19)23-15-16-7-3-2-4-8-16/h2-12,21H,13-15H2,1H3. The van der Waals surface area contributed by atoms with Crippen molar-refractivity contribution < 1.29 is 9.47 Å². The van der Waals surface area contributed by atoms with Crippen LogP contribution in [0.2, 0.25) is 0 Å². The van der Waals surface area contributed by atoms with E-state index in [0.717, 1.165) is 35.7 Å². The fraction of sp³-hybridized carbons (Fsp3) is 0.200. The van der Waals surface area contributed by atoms with E-state index in [1.807, 2.05) is 30.3 Å². The van der Waals surface area contributed by atoms with Gasteiger partial charge < -0.3 is 14.8 Å². The minimum atomic E-state index is 0.527. The van der Waals surface area contributed by atoms with E-state index >= 15 is 0 Å². The summed E-state index contributed by atoms with van der Waals surface area (Å²) < 4.78 is 11.5. The zero-order valence-electron chi connectivity index (χ0n) is 13.7. The minimum Gasteiger partial charge on any atom is -0.493 e. The van der Waals surface area contributed by atoms with Crippen LogP contribution >= 0.6 is 11.3 Å². The second-order valence-electron chi connectivity index (χ2n) is 5.41. The third-order valence-corrected chi connectivity index (χ3v) is 4.58. The van der Waals surface area contributed by atoms with Gasteiger partial charge in [0.25, 0.3) is 0 Å². The summed E-state index contributed by atoms with van der Waals surface area (Å²) in [6, 6.07) is 20.4. The average Bonchev–Trinajstić information content (AvgIpc) is 3.14. The van der Waals surface area contributed by atoms with E-state index < -0.39 is 0 Å². The number of rotatable bonds is 8. The molecule has 4 heteroatoms. The van der Waals surface area contributed by atoms with Crippen LogP contribution in [0.1, 0.15) is 16.0 Å². The van der Waals surface area contributed by atoms with Crippen molar-refractivity contribution >= 4 is 11.3 Å². The van der Waals surface area contributed by atoms with Crippen LogP contribution in [0, 0.1) is 0 Å². The molecule has 3 aromatic rings. The molecule has 0 aliphatic heterocycles. The lowest BCUT2D eigenvalue weighted by molar-refractivity contribution is 0.280. The molecule has 124 valence electrons. The third-order valence-electron chi connectivity index (χ3n) is 3.70. The van der Waals surface area contributed by atoms with E-state index in [2.05, 4.69) is 41.0 Å². The normalized spacial score (nSPS) is 10.5. The number of methoxy groups -OCH3 is 1. The van der Waals surface area contributed by atoms with Crippen molar-refractivity contribution in [3.63, 3.8) is 0 Å². The third kappa shape index (κ3) is 4.37. The van der Waals surface area contributed by atoms with Gasteiger partial charge in [0.2, 0.25) is 0 Å². The molecule has 3 rings (SSSR count). The van der Waals surface area contributed by atoms with Crippen LogP contribution in [0.5, 0.6) is 11.5 Å². The number of hydrogen-bond donors (Lipinski definition) is 1. The highest BCUT2D eigenvalue weighted by molar-refractivity contribution is 7.09. The monoisotopic (exact) mass is 339 g/mol. The predicted molar refractivity (Wildman–Crippen MR) is 98.6 cm³/mol. The minimum absolute atomic E-state index is 0.527. The van der Waals surface area contributed by atoms with E-state index in [0.29, 0.717) is 6.61 Å². The SMILES string of the molecule is COc1cccc(CNCc2cccs2)c1OCc1ccccc1. The predicted octanol–water partition coefficient (Wildman–Crippen LogP) is 4.63. The first-order valence-electron chi connectivity index (χ1n) is 7.92. The second kappa shape index (κ2) is 8.52. The number of thiophene rings is 1. The van der Waals surface area contributed by atoms with E-state index in [9.17, 15) is 0 Å². The molecule has 0 bridgehead atoms. The first kappa shape index (κ1) is 16.6. The van der Waals surface area contributed by atoms with Crippen molar-refractivity contribution in [3.05, 3.63) is 82.0 Å². The summed E-state index contributed by atoms with van der Waals surface area (Å²) in [4.78, 5) is 1.32. The van der Waals surface area contributed by atoms with Gasteiger partial charge >= 0.3 is 0 Å². The smallest absolute Gasteiger partial charge is 0.166 e. The van der Waals surface area contributed by atoms with E-state index in [4.69, 9.17) is 9.47 Å². The van der Waals surface area contributed by atoms with E-state index in [-0.39, 0.29) is 0 Å². The summed E-state index contributed by atoms with van der Waals surface area (Å²) in [5.74, 6) is 1.57. The Balaban J connectivity index is 1.68. The fourth-order valence-electron chi connectivity index (χ4n) is 2.49. The average molecular weight is 339 g/mol. The molecular formula is C20H21NO2S. The largest absolute Gasteiger partial charge is 0.493 e. The van der Waals surface area contributed by atoms with Crippen molar-refractivity contribution in [1.82, 2.24) is 5.32 Å². The molecule has 0 radical (unpaired) electrons. The Hall–Kier alpha value is -2.30. The van der Waals surface area contributed by atoms with Crippen LogP contribution in [0.25, 0.3) is 0 Å². The highest BCUT2D eigenvalue weighted by Gasteiger charge is 2.11. The van der Waals surface area contributed by atoms with Crippen LogP contribution < -0.4 is 14.8 Å². The van der Waals surface area contributed by atoms with Crippen molar-refractivity contribution in [2.45, 2.75) is 19.7 Å². The Morgan fingerprint density at radius 3 is 2.54 bits per heavy atom. The van der Waals surface area contributed by atoms with Gasteiger partial charge in [0.05, 0.1) is 7.11 Å². The van der Waals surface area contributed by atoms with Gasteiger partial charge in [-0.15, -0.1) is 11.3 Å². The van der Waals surface area contributed by atoms with Gasteiger partial charge in [-0.25, -0.2) is 0 Å². The van der Waals surface area contributed by atoms with Crippen LogP contribution in [0.3, 0.4) is 0 Å². The number of ether oxygens (including phenoxy) is 2. The molecule has 0 fully saturated rings. The lowest BCUT2D eigenvalue weighted by Gasteiger charge is -2.15. The summed E-state index contributed by atoms with van der Waals surface area (Å²) in [6.45, 7) is 2.12. The van der Waals surface area contributed by atoms with E-state index in [1.165, 1.54) is 4.88 Å². The van der Waals surface area contributed by atoms with Crippen molar-refractivity contribution in [2.75, 3.05) is 7.11 Å². The van der Waals surface area contributed by atoms with Crippen LogP contribution in [-0.4, -0.2) is 7.11 Å². The topological polar surface area (TPSA) is 30.5 Å². The molecule has 2 aromatic carbocycles. The van der Waals surface area contributed by atoms with E-state index in [1.54, 1.807) is 18.4 Å². The van der Waals surface area contributed by atoms with Gasteiger partial charge in [-0.2, -0.15) is 0 Å². The van der Waals surface area contributed by atoms with Gasteiger partial charge in [0.1, 0.15) is 6.61 Å². The molecule has 0 saturated carbocycles. The molecule has 0 unspecified atom stereocenters. The number of nitrogens with one attached hydrogen (secondary N) is 1. The zero-order valence-corrected chi connectivity index (χ0v) is 14.5. The Bertz CT molecular complexity index is 742. The van der Waals surface area contributed by atoms with Gasteiger partial charge in [0, 0.05) is 23.5 Å². The lowest BCUT2D eigenvalue weighted by atomic mass is 10.1.